The van der Waals surface area contributed by atoms with Crippen LogP contribution in [0.3, 0.4) is 0 Å². The first kappa shape index (κ1) is 14.6. The maximum absolute atomic E-state index is 12.9. The fourth-order valence-electron chi connectivity index (χ4n) is 2.29. The Morgan fingerprint density at radius 3 is 2.86 bits per heavy atom. The van der Waals surface area contributed by atoms with Gasteiger partial charge in [-0.3, -0.25) is 9.69 Å². The van der Waals surface area contributed by atoms with Crippen molar-refractivity contribution in [1.82, 2.24) is 15.1 Å². The van der Waals surface area contributed by atoms with Gasteiger partial charge in [-0.1, -0.05) is 0 Å². The van der Waals surface area contributed by atoms with Gasteiger partial charge < -0.3 is 14.9 Å². The molecule has 0 spiro atoms. The molecule has 0 aliphatic carbocycles. The molecule has 1 saturated heterocycles. The number of carbonyl (C=O) groups is 1. The van der Waals surface area contributed by atoms with Gasteiger partial charge in [-0.2, -0.15) is 0 Å². The number of hydrogen-bond acceptors (Lipinski definition) is 6. The molecule has 0 saturated carbocycles. The molecule has 1 aliphatic heterocycles. The summed E-state index contributed by atoms with van der Waals surface area (Å²) in [7, 11) is 0. The van der Waals surface area contributed by atoms with Crippen molar-refractivity contribution in [3.63, 3.8) is 0 Å². The standard InChI is InChI=1S/C14H15FN4O3/c15-10-3-1-9(2-4-10)14-18-17-12(22-14)7-19-5-6-21-8-11(19)13(16)20/h1-4,11H,5-8H2,(H2,16,20)/t11-/m0/s1. The van der Waals surface area contributed by atoms with Crippen molar-refractivity contribution in [2.75, 3.05) is 19.8 Å². The summed E-state index contributed by atoms with van der Waals surface area (Å²) in [4.78, 5) is 13.3. The van der Waals surface area contributed by atoms with Crippen molar-refractivity contribution in [3.05, 3.63) is 36.0 Å². The van der Waals surface area contributed by atoms with Crippen LogP contribution in [-0.4, -0.2) is 46.8 Å². The zero-order chi connectivity index (χ0) is 15.5. The van der Waals surface area contributed by atoms with Gasteiger partial charge in [-0.25, -0.2) is 4.39 Å². The molecule has 2 heterocycles. The first-order chi connectivity index (χ1) is 10.6. The number of ether oxygens (including phenoxy) is 1. The number of nitrogens with zero attached hydrogens (tertiary/aromatic N) is 3. The van der Waals surface area contributed by atoms with Crippen molar-refractivity contribution in [2.45, 2.75) is 12.6 Å². The molecule has 0 bridgehead atoms. The smallest absolute Gasteiger partial charge is 0.247 e. The highest BCUT2D eigenvalue weighted by Gasteiger charge is 2.29. The predicted molar refractivity (Wildman–Crippen MR) is 73.9 cm³/mol. The van der Waals surface area contributed by atoms with E-state index in [-0.39, 0.29) is 12.4 Å². The molecular weight excluding hydrogens is 291 g/mol. The lowest BCUT2D eigenvalue weighted by Gasteiger charge is -2.32. The maximum atomic E-state index is 12.9. The molecule has 0 radical (unpaired) electrons. The van der Waals surface area contributed by atoms with Crippen LogP contribution in [0.4, 0.5) is 4.39 Å². The normalized spacial score (nSPS) is 19.2. The Morgan fingerprint density at radius 2 is 2.14 bits per heavy atom. The third kappa shape index (κ3) is 3.12. The van der Waals surface area contributed by atoms with E-state index in [1.807, 2.05) is 4.90 Å². The van der Waals surface area contributed by atoms with Gasteiger partial charge in [0.15, 0.2) is 0 Å². The number of aromatic nitrogens is 2. The van der Waals surface area contributed by atoms with Crippen LogP contribution < -0.4 is 5.73 Å². The number of primary amides is 1. The number of halogens is 1. The van der Waals surface area contributed by atoms with Gasteiger partial charge in [0.05, 0.1) is 19.8 Å². The molecular formula is C14H15FN4O3. The molecule has 1 amide bonds. The summed E-state index contributed by atoms with van der Waals surface area (Å²) in [5, 5.41) is 7.90. The number of benzene rings is 1. The van der Waals surface area contributed by atoms with Crippen molar-refractivity contribution in [1.29, 1.82) is 0 Å². The third-order valence-electron chi connectivity index (χ3n) is 3.46. The quantitative estimate of drug-likeness (QED) is 0.887. The molecule has 8 heteroatoms. The van der Waals surface area contributed by atoms with Crippen molar-refractivity contribution < 1.29 is 18.3 Å². The van der Waals surface area contributed by atoms with E-state index in [2.05, 4.69) is 10.2 Å². The molecule has 1 aliphatic rings. The van der Waals surface area contributed by atoms with Crippen LogP contribution in [0.5, 0.6) is 0 Å². The predicted octanol–water partition coefficient (Wildman–Crippen LogP) is 0.562. The number of carbonyl (C=O) groups excluding carboxylic acids is 1. The molecule has 1 aromatic heterocycles. The van der Waals surface area contributed by atoms with Crippen molar-refractivity contribution in [2.24, 2.45) is 5.73 Å². The lowest BCUT2D eigenvalue weighted by Crippen LogP contribution is -2.51. The summed E-state index contributed by atoms with van der Waals surface area (Å²) in [5.41, 5.74) is 5.99. The van der Waals surface area contributed by atoms with Gasteiger partial charge in [0.2, 0.25) is 17.7 Å². The number of hydrogen-bond donors (Lipinski definition) is 1. The van der Waals surface area contributed by atoms with E-state index in [4.69, 9.17) is 14.9 Å². The van der Waals surface area contributed by atoms with Crippen LogP contribution in [-0.2, 0) is 16.1 Å². The minimum absolute atomic E-state index is 0.258. The van der Waals surface area contributed by atoms with E-state index < -0.39 is 11.9 Å². The van der Waals surface area contributed by atoms with Gasteiger partial charge in [0, 0.05) is 12.1 Å². The average Bonchev–Trinajstić information content (AvgIpc) is 2.97. The van der Waals surface area contributed by atoms with E-state index in [1.54, 1.807) is 12.1 Å². The van der Waals surface area contributed by atoms with Gasteiger partial charge in [0.25, 0.3) is 0 Å². The minimum Gasteiger partial charge on any atom is -0.419 e. The van der Waals surface area contributed by atoms with Crippen LogP contribution in [0.15, 0.2) is 28.7 Å². The molecule has 22 heavy (non-hydrogen) atoms. The first-order valence-corrected chi connectivity index (χ1v) is 6.83. The molecule has 1 aromatic carbocycles. The highest BCUT2D eigenvalue weighted by atomic mass is 19.1. The van der Waals surface area contributed by atoms with E-state index in [0.717, 1.165) is 0 Å². The summed E-state index contributed by atoms with van der Waals surface area (Å²) in [6.45, 7) is 1.64. The monoisotopic (exact) mass is 306 g/mol. The first-order valence-electron chi connectivity index (χ1n) is 6.83. The summed E-state index contributed by atoms with van der Waals surface area (Å²) >= 11 is 0. The zero-order valence-electron chi connectivity index (χ0n) is 11.7. The maximum Gasteiger partial charge on any atom is 0.247 e. The molecule has 2 N–H and O–H groups in total. The number of nitrogens with two attached hydrogens (primary N) is 1. The molecule has 0 unspecified atom stereocenters. The lowest BCUT2D eigenvalue weighted by atomic mass is 10.2. The van der Waals surface area contributed by atoms with Crippen LogP contribution in [0.1, 0.15) is 5.89 Å². The highest BCUT2D eigenvalue weighted by Crippen LogP contribution is 2.19. The van der Waals surface area contributed by atoms with Crippen molar-refractivity contribution >= 4 is 5.91 Å². The Morgan fingerprint density at radius 1 is 1.36 bits per heavy atom. The van der Waals surface area contributed by atoms with Crippen molar-refractivity contribution in [3.8, 4) is 11.5 Å². The van der Waals surface area contributed by atoms with Crippen LogP contribution >= 0.6 is 0 Å². The Hall–Kier alpha value is -2.32. The average molecular weight is 306 g/mol. The molecule has 1 atom stereocenters. The minimum atomic E-state index is -0.505. The molecule has 7 nitrogen and oxygen atoms in total. The fraction of sp³-hybridized carbons (Fsp3) is 0.357. The third-order valence-corrected chi connectivity index (χ3v) is 3.46. The van der Waals surface area contributed by atoms with Crippen LogP contribution in [0.25, 0.3) is 11.5 Å². The Labute approximate surface area is 125 Å². The van der Waals surface area contributed by atoms with Gasteiger partial charge >= 0.3 is 0 Å². The summed E-state index contributed by atoms with van der Waals surface area (Å²) in [6.07, 6.45) is 0. The molecule has 3 rings (SSSR count). The SMILES string of the molecule is NC(=O)[C@@H]1COCCN1Cc1nnc(-c2ccc(F)cc2)o1. The Kier molecular flexibility index (Phi) is 4.12. The van der Waals surface area contributed by atoms with Gasteiger partial charge in [0.1, 0.15) is 11.9 Å². The second kappa shape index (κ2) is 6.20. The molecule has 1 fully saturated rings. The van der Waals surface area contributed by atoms with Crippen LogP contribution in [0, 0.1) is 5.82 Å². The van der Waals surface area contributed by atoms with Crippen LogP contribution in [0.2, 0.25) is 0 Å². The largest absolute Gasteiger partial charge is 0.419 e. The fourth-order valence-corrected chi connectivity index (χ4v) is 2.29. The van der Waals surface area contributed by atoms with Gasteiger partial charge in [-0.05, 0) is 24.3 Å². The second-order valence-corrected chi connectivity index (χ2v) is 4.97. The molecule has 116 valence electrons. The van der Waals surface area contributed by atoms with Gasteiger partial charge in [-0.15, -0.1) is 10.2 Å². The Balaban J connectivity index is 1.73. The number of morpholine rings is 1. The highest BCUT2D eigenvalue weighted by molar-refractivity contribution is 5.80. The number of amides is 1. The van der Waals surface area contributed by atoms with E-state index >= 15 is 0 Å². The summed E-state index contributed by atoms with van der Waals surface area (Å²) < 4.78 is 23.7. The summed E-state index contributed by atoms with van der Waals surface area (Å²) in [6, 6.07) is 5.27. The second-order valence-electron chi connectivity index (χ2n) is 4.97. The van der Waals surface area contributed by atoms with E-state index in [1.165, 1.54) is 12.1 Å². The van der Waals surface area contributed by atoms with E-state index in [0.29, 0.717) is 37.0 Å². The zero-order valence-corrected chi connectivity index (χ0v) is 11.7. The Bertz CT molecular complexity index is 658. The topological polar surface area (TPSA) is 94.5 Å². The number of rotatable bonds is 4. The lowest BCUT2D eigenvalue weighted by molar-refractivity contribution is -0.129. The molecule has 2 aromatic rings. The van der Waals surface area contributed by atoms with E-state index in [9.17, 15) is 9.18 Å². The summed E-state index contributed by atoms with van der Waals surface area (Å²) in [5.74, 6) is -0.106.